The molecule has 3 nitrogen and oxygen atoms in total. The molecule has 0 spiro atoms. The minimum Gasteiger partial charge on any atom is -0.340 e. The summed E-state index contributed by atoms with van der Waals surface area (Å²) in [4.78, 5) is 16.8. The molecule has 2 aliphatic rings. The Hall–Kier alpha value is -0.570. The first-order chi connectivity index (χ1) is 8.26. The smallest absolute Gasteiger partial charge is 0.222 e. The lowest BCUT2D eigenvalue weighted by Gasteiger charge is -2.41. The fourth-order valence-electron chi connectivity index (χ4n) is 3.30. The summed E-state index contributed by atoms with van der Waals surface area (Å²) in [5.41, 5.74) is 0. The van der Waals surface area contributed by atoms with Gasteiger partial charge in [-0.25, -0.2) is 0 Å². The van der Waals surface area contributed by atoms with Crippen molar-refractivity contribution in [2.24, 2.45) is 0 Å². The minimum absolute atomic E-state index is 0.389. The van der Waals surface area contributed by atoms with Crippen molar-refractivity contribution in [1.82, 2.24) is 9.80 Å². The molecular weight excluding hydrogens is 212 g/mol. The summed E-state index contributed by atoms with van der Waals surface area (Å²) in [6.07, 6.45) is 6.74. The first kappa shape index (κ1) is 12.9. The average molecular weight is 238 g/mol. The van der Waals surface area contributed by atoms with Crippen LogP contribution >= 0.6 is 0 Å². The molecule has 0 unspecified atom stereocenters. The highest BCUT2D eigenvalue weighted by molar-refractivity contribution is 5.76. The Balaban J connectivity index is 1.88. The van der Waals surface area contributed by atoms with E-state index in [0.717, 1.165) is 32.4 Å². The number of piperazine rings is 1. The Bertz CT molecular complexity index is 253. The molecule has 0 N–H and O–H groups in total. The largest absolute Gasteiger partial charge is 0.340 e. The van der Waals surface area contributed by atoms with Crippen LogP contribution in [0.15, 0.2) is 0 Å². The van der Waals surface area contributed by atoms with Gasteiger partial charge in [-0.05, 0) is 32.2 Å². The summed E-state index contributed by atoms with van der Waals surface area (Å²) >= 11 is 0. The van der Waals surface area contributed by atoms with Gasteiger partial charge in [0.15, 0.2) is 0 Å². The molecule has 2 aliphatic heterocycles. The molecule has 17 heavy (non-hydrogen) atoms. The molecule has 0 aromatic carbocycles. The highest BCUT2D eigenvalue weighted by Crippen LogP contribution is 2.30. The molecule has 0 aromatic heterocycles. The second-order valence-electron chi connectivity index (χ2n) is 5.53. The molecular formula is C14H26N2O. The fraction of sp³-hybridized carbons (Fsp3) is 0.929. The van der Waals surface area contributed by atoms with E-state index < -0.39 is 0 Å². The van der Waals surface area contributed by atoms with Crippen molar-refractivity contribution in [3.63, 3.8) is 0 Å². The number of carbonyl (C=O) groups excluding carboxylic acids is 1. The van der Waals surface area contributed by atoms with Crippen LogP contribution in [0.25, 0.3) is 0 Å². The SMILES string of the molecule is CCCCC(=O)N1C[C@H]2CC[C@@H](C1)N2CCC. The van der Waals surface area contributed by atoms with Gasteiger partial charge in [-0.2, -0.15) is 0 Å². The second-order valence-corrected chi connectivity index (χ2v) is 5.53. The zero-order valence-corrected chi connectivity index (χ0v) is 11.3. The monoisotopic (exact) mass is 238 g/mol. The number of rotatable bonds is 5. The van der Waals surface area contributed by atoms with Crippen molar-refractivity contribution in [3.05, 3.63) is 0 Å². The predicted octanol–water partition coefficient (Wildman–Crippen LogP) is 2.26. The van der Waals surface area contributed by atoms with Gasteiger partial charge in [0, 0.05) is 31.6 Å². The van der Waals surface area contributed by atoms with Gasteiger partial charge in [0.25, 0.3) is 0 Å². The van der Waals surface area contributed by atoms with Crippen LogP contribution < -0.4 is 0 Å². The third-order valence-corrected chi connectivity index (χ3v) is 4.21. The minimum atomic E-state index is 0.389. The maximum absolute atomic E-state index is 12.0. The average Bonchev–Trinajstić information content (AvgIpc) is 2.58. The second kappa shape index (κ2) is 5.85. The van der Waals surface area contributed by atoms with E-state index in [9.17, 15) is 4.79 Å². The Labute approximate surface area is 105 Å². The number of amides is 1. The van der Waals surface area contributed by atoms with Crippen molar-refractivity contribution in [1.29, 1.82) is 0 Å². The highest BCUT2D eigenvalue weighted by Gasteiger charge is 2.40. The molecule has 2 fully saturated rings. The van der Waals surface area contributed by atoms with E-state index in [1.54, 1.807) is 0 Å². The van der Waals surface area contributed by atoms with E-state index in [0.29, 0.717) is 18.0 Å². The number of likely N-dealkylation sites (tertiary alicyclic amines) is 1. The molecule has 1 amide bonds. The maximum Gasteiger partial charge on any atom is 0.222 e. The van der Waals surface area contributed by atoms with E-state index in [4.69, 9.17) is 0 Å². The number of fused-ring (bicyclic) bond motifs is 2. The first-order valence-corrected chi connectivity index (χ1v) is 7.29. The van der Waals surface area contributed by atoms with Gasteiger partial charge in [0.05, 0.1) is 0 Å². The topological polar surface area (TPSA) is 23.6 Å². The van der Waals surface area contributed by atoms with Crippen LogP contribution in [0.5, 0.6) is 0 Å². The van der Waals surface area contributed by atoms with Crippen molar-refractivity contribution >= 4 is 5.91 Å². The summed E-state index contributed by atoms with van der Waals surface area (Å²) in [5.74, 6) is 0.389. The first-order valence-electron chi connectivity index (χ1n) is 7.29. The molecule has 0 saturated carbocycles. The van der Waals surface area contributed by atoms with Gasteiger partial charge in [-0.1, -0.05) is 20.3 Å². The van der Waals surface area contributed by atoms with Gasteiger partial charge in [-0.3, -0.25) is 9.69 Å². The number of unbranched alkanes of at least 4 members (excludes halogenated alkanes) is 1. The van der Waals surface area contributed by atoms with Crippen molar-refractivity contribution in [2.75, 3.05) is 19.6 Å². The summed E-state index contributed by atoms with van der Waals surface area (Å²) in [6, 6.07) is 1.30. The summed E-state index contributed by atoms with van der Waals surface area (Å²) in [7, 11) is 0. The van der Waals surface area contributed by atoms with Crippen LogP contribution in [0, 0.1) is 0 Å². The van der Waals surface area contributed by atoms with Crippen LogP contribution in [-0.2, 0) is 4.79 Å². The van der Waals surface area contributed by atoms with Crippen LogP contribution in [0.4, 0.5) is 0 Å². The zero-order chi connectivity index (χ0) is 12.3. The van der Waals surface area contributed by atoms with Gasteiger partial charge in [0.2, 0.25) is 5.91 Å². The summed E-state index contributed by atoms with van der Waals surface area (Å²) in [5, 5.41) is 0. The van der Waals surface area contributed by atoms with Crippen LogP contribution in [0.3, 0.4) is 0 Å². The van der Waals surface area contributed by atoms with Crippen molar-refractivity contribution < 1.29 is 4.79 Å². The Morgan fingerprint density at radius 3 is 2.29 bits per heavy atom. The molecule has 2 saturated heterocycles. The third kappa shape index (κ3) is 2.82. The number of nitrogens with zero attached hydrogens (tertiary/aromatic N) is 2. The van der Waals surface area contributed by atoms with Gasteiger partial charge in [0.1, 0.15) is 0 Å². The lowest BCUT2D eigenvalue weighted by molar-refractivity contribution is -0.134. The molecule has 0 aliphatic carbocycles. The number of hydrogen-bond acceptors (Lipinski definition) is 2. The number of hydrogen-bond donors (Lipinski definition) is 0. The van der Waals surface area contributed by atoms with Gasteiger partial charge < -0.3 is 4.90 Å². The molecule has 2 rings (SSSR count). The number of carbonyl (C=O) groups is 1. The van der Waals surface area contributed by atoms with Crippen molar-refractivity contribution in [3.8, 4) is 0 Å². The standard InChI is InChI=1S/C14H26N2O/c1-3-5-6-14(17)15-10-12-7-8-13(11-15)16(12)9-4-2/h12-13H,3-11H2,1-2H3/t12-,13+. The quantitative estimate of drug-likeness (QED) is 0.733. The lowest BCUT2D eigenvalue weighted by Crippen LogP contribution is -2.55. The Kier molecular flexibility index (Phi) is 4.43. The van der Waals surface area contributed by atoms with Gasteiger partial charge >= 0.3 is 0 Å². The molecule has 98 valence electrons. The predicted molar refractivity (Wildman–Crippen MR) is 69.9 cm³/mol. The molecule has 2 bridgehead atoms. The van der Waals surface area contributed by atoms with Gasteiger partial charge in [-0.15, -0.1) is 0 Å². The van der Waals surface area contributed by atoms with Crippen LogP contribution in [0.2, 0.25) is 0 Å². The Morgan fingerprint density at radius 2 is 1.76 bits per heavy atom. The molecule has 0 aromatic rings. The van der Waals surface area contributed by atoms with Crippen LogP contribution in [-0.4, -0.2) is 47.4 Å². The fourth-order valence-corrected chi connectivity index (χ4v) is 3.30. The lowest BCUT2D eigenvalue weighted by atomic mass is 10.1. The summed E-state index contributed by atoms with van der Waals surface area (Å²) in [6.45, 7) is 7.58. The van der Waals surface area contributed by atoms with E-state index in [1.807, 2.05) is 0 Å². The van der Waals surface area contributed by atoms with Crippen LogP contribution in [0.1, 0.15) is 52.4 Å². The van der Waals surface area contributed by atoms with E-state index in [1.165, 1.54) is 25.8 Å². The normalized spacial score (nSPS) is 28.7. The van der Waals surface area contributed by atoms with E-state index in [-0.39, 0.29) is 0 Å². The third-order valence-electron chi connectivity index (χ3n) is 4.21. The van der Waals surface area contributed by atoms with E-state index in [2.05, 4.69) is 23.6 Å². The maximum atomic E-state index is 12.0. The molecule has 0 radical (unpaired) electrons. The van der Waals surface area contributed by atoms with E-state index >= 15 is 0 Å². The molecule has 2 heterocycles. The molecule has 3 heteroatoms. The molecule has 2 atom stereocenters. The zero-order valence-electron chi connectivity index (χ0n) is 11.3. The highest BCUT2D eigenvalue weighted by atomic mass is 16.2. The van der Waals surface area contributed by atoms with Crippen molar-refractivity contribution in [2.45, 2.75) is 64.5 Å². The Morgan fingerprint density at radius 1 is 1.12 bits per heavy atom. The summed E-state index contributed by atoms with van der Waals surface area (Å²) < 4.78 is 0.